The SMILES string of the molecule is CCOc1cc(C(Cc2ccc(C(=N)N)cc2)c2nn(-c3ccccc3C(N)=O)c(=O)[nH]2)ccc1OC(C)CN(C)C.O=C(O)C(F)(F)F.O=C(O)C(F)(F)F. The van der Waals surface area contributed by atoms with Crippen LogP contribution >= 0.6 is 0 Å². The number of aliphatic carboxylic acids is 2. The van der Waals surface area contributed by atoms with Crippen LogP contribution in [0.15, 0.2) is 71.5 Å². The lowest BCUT2D eigenvalue weighted by Crippen LogP contribution is -2.28. The molecule has 21 heteroatoms. The monoisotopic (exact) mass is 799 g/mol. The number of nitrogens with one attached hydrogen (secondary N) is 2. The van der Waals surface area contributed by atoms with Crippen molar-refractivity contribution in [1.29, 1.82) is 5.41 Å². The average molecular weight is 800 g/mol. The number of H-pyrrole nitrogens is 1. The quantitative estimate of drug-likeness (QED) is 0.0633. The fraction of sp³-hybridized carbons (Fsp3) is 0.314. The Balaban J connectivity index is 0.000000657. The van der Waals surface area contributed by atoms with E-state index in [1.807, 2.05) is 58.3 Å². The molecule has 304 valence electrons. The molecule has 0 radical (unpaired) electrons. The van der Waals surface area contributed by atoms with Gasteiger partial charge in [0.05, 0.1) is 17.9 Å². The molecule has 2 atom stereocenters. The van der Waals surface area contributed by atoms with Crippen LogP contribution in [0.25, 0.3) is 5.69 Å². The molecule has 0 saturated heterocycles. The number of carbonyl (C=O) groups excluding carboxylic acids is 1. The maximum Gasteiger partial charge on any atom is 0.490 e. The topological polar surface area (TPSA) is 240 Å². The van der Waals surface area contributed by atoms with Gasteiger partial charge in [-0.3, -0.25) is 15.2 Å². The van der Waals surface area contributed by atoms with Gasteiger partial charge in [-0.25, -0.2) is 14.4 Å². The van der Waals surface area contributed by atoms with Crippen LogP contribution in [0.2, 0.25) is 0 Å². The van der Waals surface area contributed by atoms with Gasteiger partial charge >= 0.3 is 30.0 Å². The smallest absolute Gasteiger partial charge is 0.490 e. The summed E-state index contributed by atoms with van der Waals surface area (Å²) in [6.07, 6.45) is -9.77. The van der Waals surface area contributed by atoms with Crippen LogP contribution in [-0.4, -0.2) is 99.3 Å². The van der Waals surface area contributed by atoms with Gasteiger partial charge in [0, 0.05) is 18.0 Å². The molecule has 1 amide bonds. The summed E-state index contributed by atoms with van der Waals surface area (Å²) in [6.45, 7) is 5.08. The van der Waals surface area contributed by atoms with Gasteiger partial charge in [0.15, 0.2) is 11.5 Å². The standard InChI is InChI=1S/C31H37N7O4.2C2HF3O2/c1-5-41-27-17-22(14-15-26(27)42-19(2)18-37(3)4)24(16-20-10-12-21(13-11-20)28(32)33)30-35-31(40)38(36-30)25-9-7-6-8-23(25)29(34)39;2*3-2(4,5)1(6)7/h6-15,17,19,24H,5,16,18H2,1-4H3,(H3,32,33)(H2,34,39)(H,35,36,40);2*(H,6,7). The summed E-state index contributed by atoms with van der Waals surface area (Å²) in [5.74, 6) is -5.01. The lowest BCUT2D eigenvalue weighted by molar-refractivity contribution is -0.193. The number of nitrogen functional groups attached to an aromatic ring is 1. The van der Waals surface area contributed by atoms with Crippen LogP contribution < -0.4 is 26.6 Å². The number of rotatable bonds is 13. The van der Waals surface area contributed by atoms with E-state index in [9.17, 15) is 35.9 Å². The van der Waals surface area contributed by atoms with E-state index in [0.29, 0.717) is 35.9 Å². The molecular weight excluding hydrogens is 760 g/mol. The number of likely N-dealkylation sites (N-methyl/N-ethyl adjacent to an activating group) is 1. The van der Waals surface area contributed by atoms with E-state index in [0.717, 1.165) is 22.4 Å². The number of nitrogens with two attached hydrogens (primary N) is 2. The summed E-state index contributed by atoms with van der Waals surface area (Å²) >= 11 is 0. The van der Waals surface area contributed by atoms with Crippen LogP contribution in [0.4, 0.5) is 26.3 Å². The van der Waals surface area contributed by atoms with Crippen LogP contribution in [0, 0.1) is 5.41 Å². The molecule has 0 aliphatic rings. The Kier molecular flexibility index (Phi) is 16.2. The number of primary amides is 1. The third-order valence-electron chi connectivity index (χ3n) is 7.17. The minimum atomic E-state index is -5.08. The van der Waals surface area contributed by atoms with E-state index in [2.05, 4.69) is 15.0 Å². The number of para-hydroxylation sites is 1. The molecule has 0 bridgehead atoms. The predicted octanol–water partition coefficient (Wildman–Crippen LogP) is 4.31. The van der Waals surface area contributed by atoms with Crippen molar-refractivity contribution in [3.8, 4) is 17.2 Å². The van der Waals surface area contributed by atoms with E-state index < -0.39 is 41.8 Å². The van der Waals surface area contributed by atoms with Crippen LogP contribution in [-0.2, 0) is 16.0 Å². The number of hydrogen-bond acceptors (Lipinski definition) is 9. The molecule has 2 unspecified atom stereocenters. The highest BCUT2D eigenvalue weighted by Gasteiger charge is 2.39. The summed E-state index contributed by atoms with van der Waals surface area (Å²) < 4.78 is 76.8. The number of nitrogens with zero attached hydrogens (tertiary/aromatic N) is 3. The summed E-state index contributed by atoms with van der Waals surface area (Å²) in [5.41, 5.74) is 13.6. The Morgan fingerprint density at radius 2 is 1.48 bits per heavy atom. The molecule has 8 N–H and O–H groups in total. The molecule has 1 heterocycles. The number of alkyl halides is 6. The number of aromatic nitrogens is 3. The molecule has 15 nitrogen and oxygen atoms in total. The van der Waals surface area contributed by atoms with Gasteiger partial charge in [-0.1, -0.05) is 42.5 Å². The molecule has 4 rings (SSSR count). The van der Waals surface area contributed by atoms with Gasteiger partial charge in [-0.2, -0.15) is 31.0 Å². The average Bonchev–Trinajstić information content (AvgIpc) is 3.48. The minimum absolute atomic E-state index is 0.0188. The Bertz CT molecular complexity index is 2010. The number of carboxylic acids is 2. The van der Waals surface area contributed by atoms with Crippen molar-refractivity contribution in [2.45, 2.75) is 44.6 Å². The predicted molar refractivity (Wildman–Crippen MR) is 189 cm³/mol. The normalized spacial score (nSPS) is 12.3. The number of benzene rings is 3. The Morgan fingerprint density at radius 1 is 0.929 bits per heavy atom. The third-order valence-corrected chi connectivity index (χ3v) is 7.17. The van der Waals surface area contributed by atoms with Crippen molar-refractivity contribution in [1.82, 2.24) is 19.7 Å². The Labute approximate surface area is 314 Å². The van der Waals surface area contributed by atoms with Crippen molar-refractivity contribution in [2.75, 3.05) is 27.2 Å². The summed E-state index contributed by atoms with van der Waals surface area (Å²) in [4.78, 5) is 48.0. The van der Waals surface area contributed by atoms with E-state index >= 15 is 0 Å². The van der Waals surface area contributed by atoms with Crippen LogP contribution in [0.3, 0.4) is 0 Å². The van der Waals surface area contributed by atoms with Crippen LogP contribution in [0.5, 0.6) is 11.5 Å². The van der Waals surface area contributed by atoms with Crippen molar-refractivity contribution >= 4 is 23.7 Å². The molecular formula is C35H39F6N7O8. The highest BCUT2D eigenvalue weighted by Crippen LogP contribution is 2.35. The first-order chi connectivity index (χ1) is 26.0. The maximum atomic E-state index is 13.2. The van der Waals surface area contributed by atoms with Crippen molar-refractivity contribution < 1.29 is 60.4 Å². The van der Waals surface area contributed by atoms with E-state index in [-0.39, 0.29) is 23.2 Å². The van der Waals surface area contributed by atoms with Gasteiger partial charge in [0.2, 0.25) is 0 Å². The van der Waals surface area contributed by atoms with Crippen LogP contribution in [0.1, 0.15) is 52.6 Å². The molecule has 56 heavy (non-hydrogen) atoms. The van der Waals surface area contributed by atoms with Gasteiger partial charge in [0.25, 0.3) is 5.91 Å². The molecule has 0 aliphatic heterocycles. The Hall–Kier alpha value is -6.38. The summed E-state index contributed by atoms with van der Waals surface area (Å²) in [5, 5.41) is 26.6. The first-order valence-electron chi connectivity index (χ1n) is 16.2. The second-order valence-corrected chi connectivity index (χ2v) is 11.9. The maximum absolute atomic E-state index is 13.2. The summed E-state index contributed by atoms with van der Waals surface area (Å²) in [6, 6.07) is 19.6. The number of ether oxygens (including phenoxy) is 2. The molecule has 0 saturated carbocycles. The van der Waals surface area contributed by atoms with Gasteiger partial charge in [0.1, 0.15) is 17.8 Å². The number of hydrogen-bond donors (Lipinski definition) is 6. The zero-order valence-corrected chi connectivity index (χ0v) is 30.2. The Morgan fingerprint density at radius 3 is 1.96 bits per heavy atom. The minimum Gasteiger partial charge on any atom is -0.490 e. The second kappa shape index (κ2) is 19.8. The molecule has 0 fully saturated rings. The van der Waals surface area contributed by atoms with Crippen molar-refractivity contribution in [2.24, 2.45) is 11.5 Å². The molecule has 1 aromatic heterocycles. The fourth-order valence-electron chi connectivity index (χ4n) is 4.83. The van der Waals surface area contributed by atoms with Gasteiger partial charge < -0.3 is 36.1 Å². The number of amides is 1. The van der Waals surface area contributed by atoms with Gasteiger partial charge in [-0.05, 0) is 69.8 Å². The summed E-state index contributed by atoms with van der Waals surface area (Å²) in [7, 11) is 3.98. The van der Waals surface area contributed by atoms with E-state index in [4.69, 9.17) is 46.2 Å². The molecule has 3 aromatic carbocycles. The molecule has 0 spiro atoms. The highest BCUT2D eigenvalue weighted by molar-refractivity contribution is 5.96. The van der Waals surface area contributed by atoms with E-state index in [1.165, 1.54) is 0 Å². The number of carboxylic acid groups (broad SMARTS) is 2. The number of halogens is 6. The second-order valence-electron chi connectivity index (χ2n) is 11.9. The first-order valence-corrected chi connectivity index (χ1v) is 16.2. The molecule has 0 aliphatic carbocycles. The van der Waals surface area contributed by atoms with Crippen molar-refractivity contribution in [3.63, 3.8) is 0 Å². The molecule has 4 aromatic rings. The van der Waals surface area contributed by atoms with E-state index in [1.54, 1.807) is 36.4 Å². The number of carbonyl (C=O) groups is 3. The lowest BCUT2D eigenvalue weighted by Gasteiger charge is -2.22. The highest BCUT2D eigenvalue weighted by atomic mass is 19.4. The third kappa shape index (κ3) is 13.8. The first kappa shape index (κ1) is 45.8. The lowest BCUT2D eigenvalue weighted by atomic mass is 9.90. The largest absolute Gasteiger partial charge is 0.490 e. The van der Waals surface area contributed by atoms with Gasteiger partial charge in [-0.15, -0.1) is 5.10 Å². The zero-order chi connectivity index (χ0) is 42.5. The fourth-order valence-corrected chi connectivity index (χ4v) is 4.83. The van der Waals surface area contributed by atoms with Crippen molar-refractivity contribution in [3.05, 3.63) is 105 Å². The number of aromatic amines is 1. The number of amidine groups is 1. The zero-order valence-electron chi connectivity index (χ0n) is 30.2.